The molecule has 1 saturated carbocycles. The summed E-state index contributed by atoms with van der Waals surface area (Å²) in [4.78, 5) is 6.94. The second kappa shape index (κ2) is 7.03. The fraction of sp³-hybridized carbons (Fsp3) is 0.579. The lowest BCUT2D eigenvalue weighted by Crippen LogP contribution is -2.35. The first-order valence-electron chi connectivity index (χ1n) is 9.08. The van der Waals surface area contributed by atoms with Crippen LogP contribution in [0, 0.1) is 5.92 Å². The van der Waals surface area contributed by atoms with E-state index in [-0.39, 0.29) is 0 Å². The minimum Gasteiger partial charge on any atom is -0.380 e. The van der Waals surface area contributed by atoms with Crippen molar-refractivity contribution in [2.45, 2.75) is 45.3 Å². The maximum absolute atomic E-state index is 6.00. The number of aromatic nitrogens is 3. The highest BCUT2D eigenvalue weighted by Gasteiger charge is 2.30. The molecule has 128 valence electrons. The number of fused-ring (bicyclic) bond motifs is 1. The maximum Gasteiger partial charge on any atom is 0.0736 e. The molecule has 0 aromatic carbocycles. The van der Waals surface area contributed by atoms with Crippen molar-refractivity contribution in [3.63, 3.8) is 0 Å². The fourth-order valence-electron chi connectivity index (χ4n) is 3.44. The molecule has 0 amide bonds. The van der Waals surface area contributed by atoms with Gasteiger partial charge < -0.3 is 4.74 Å². The van der Waals surface area contributed by atoms with Crippen molar-refractivity contribution in [1.82, 2.24) is 19.7 Å². The predicted molar refractivity (Wildman–Crippen MR) is 92.5 cm³/mol. The topological polar surface area (TPSA) is 43.2 Å². The van der Waals surface area contributed by atoms with E-state index in [4.69, 9.17) is 9.84 Å². The fourth-order valence-corrected chi connectivity index (χ4v) is 3.44. The Labute approximate surface area is 143 Å². The highest BCUT2D eigenvalue weighted by molar-refractivity contribution is 5.25. The monoisotopic (exact) mass is 326 g/mol. The van der Waals surface area contributed by atoms with Gasteiger partial charge in [0.15, 0.2) is 0 Å². The number of ether oxygens (including phenoxy) is 1. The van der Waals surface area contributed by atoms with Gasteiger partial charge in [-0.15, -0.1) is 0 Å². The SMILES string of the molecule is CCn1cc2c(n1)[C@H](COCC1CC1)CN(Cc1ccccn1)C2. The molecule has 0 saturated heterocycles. The molecule has 2 aromatic heterocycles. The summed E-state index contributed by atoms with van der Waals surface area (Å²) in [5.41, 5.74) is 3.71. The molecule has 5 nitrogen and oxygen atoms in total. The Kier molecular flexibility index (Phi) is 4.63. The van der Waals surface area contributed by atoms with Gasteiger partial charge in [0.05, 0.1) is 18.0 Å². The Morgan fingerprint density at radius 2 is 2.17 bits per heavy atom. The Morgan fingerprint density at radius 3 is 2.92 bits per heavy atom. The molecule has 0 spiro atoms. The van der Waals surface area contributed by atoms with E-state index in [2.05, 4.69) is 39.8 Å². The number of nitrogens with zero attached hydrogens (tertiary/aromatic N) is 4. The van der Waals surface area contributed by atoms with Gasteiger partial charge in [0.1, 0.15) is 0 Å². The number of rotatable bonds is 7. The summed E-state index contributed by atoms with van der Waals surface area (Å²) in [5, 5.41) is 4.80. The quantitative estimate of drug-likeness (QED) is 0.785. The second-order valence-corrected chi connectivity index (χ2v) is 7.06. The molecule has 0 bridgehead atoms. The molecule has 0 unspecified atom stereocenters. The first kappa shape index (κ1) is 15.8. The predicted octanol–water partition coefficient (Wildman–Crippen LogP) is 2.82. The molecule has 24 heavy (non-hydrogen) atoms. The highest BCUT2D eigenvalue weighted by atomic mass is 16.5. The molecule has 1 fully saturated rings. The highest BCUT2D eigenvalue weighted by Crippen LogP contribution is 2.31. The van der Waals surface area contributed by atoms with Gasteiger partial charge in [-0.3, -0.25) is 14.6 Å². The van der Waals surface area contributed by atoms with Crippen LogP contribution in [0.1, 0.15) is 42.6 Å². The van der Waals surface area contributed by atoms with E-state index in [1.165, 1.54) is 24.1 Å². The van der Waals surface area contributed by atoms with E-state index >= 15 is 0 Å². The molecular weight excluding hydrogens is 300 g/mol. The van der Waals surface area contributed by atoms with E-state index in [1.807, 2.05) is 12.3 Å². The molecule has 3 heterocycles. The minimum absolute atomic E-state index is 0.365. The van der Waals surface area contributed by atoms with Crippen molar-refractivity contribution in [3.8, 4) is 0 Å². The number of pyridine rings is 1. The van der Waals surface area contributed by atoms with Gasteiger partial charge in [0, 0.05) is 56.7 Å². The summed E-state index contributed by atoms with van der Waals surface area (Å²) < 4.78 is 8.06. The van der Waals surface area contributed by atoms with E-state index in [1.54, 1.807) is 0 Å². The molecule has 1 aliphatic heterocycles. The van der Waals surface area contributed by atoms with Crippen LogP contribution >= 0.6 is 0 Å². The lowest BCUT2D eigenvalue weighted by molar-refractivity contribution is 0.0878. The zero-order chi connectivity index (χ0) is 16.4. The van der Waals surface area contributed by atoms with Crippen LogP contribution < -0.4 is 0 Å². The molecule has 2 aromatic rings. The Balaban J connectivity index is 1.47. The van der Waals surface area contributed by atoms with Crippen LogP contribution in [0.3, 0.4) is 0 Å². The zero-order valence-electron chi connectivity index (χ0n) is 14.4. The van der Waals surface area contributed by atoms with Gasteiger partial charge in [0.2, 0.25) is 0 Å². The second-order valence-electron chi connectivity index (χ2n) is 7.06. The number of hydrogen-bond donors (Lipinski definition) is 0. The molecule has 4 rings (SSSR count). The van der Waals surface area contributed by atoms with Gasteiger partial charge in [-0.05, 0) is 37.8 Å². The third-order valence-electron chi connectivity index (χ3n) is 4.93. The van der Waals surface area contributed by atoms with Crippen molar-refractivity contribution in [1.29, 1.82) is 0 Å². The van der Waals surface area contributed by atoms with Crippen LogP contribution in [0.15, 0.2) is 30.6 Å². The normalized spacial score (nSPS) is 21.0. The van der Waals surface area contributed by atoms with Gasteiger partial charge in [-0.2, -0.15) is 5.10 Å². The molecular formula is C19H26N4O. The van der Waals surface area contributed by atoms with E-state index in [9.17, 15) is 0 Å². The summed E-state index contributed by atoms with van der Waals surface area (Å²) in [6.07, 6.45) is 6.75. The largest absolute Gasteiger partial charge is 0.380 e. The third kappa shape index (κ3) is 3.68. The van der Waals surface area contributed by atoms with Gasteiger partial charge in [-0.1, -0.05) is 6.07 Å². The summed E-state index contributed by atoms with van der Waals surface area (Å²) in [5.74, 6) is 1.18. The van der Waals surface area contributed by atoms with Crippen molar-refractivity contribution >= 4 is 0 Å². The van der Waals surface area contributed by atoms with Crippen molar-refractivity contribution in [2.75, 3.05) is 19.8 Å². The first-order chi connectivity index (χ1) is 11.8. The maximum atomic E-state index is 6.00. The molecule has 2 aliphatic rings. The first-order valence-corrected chi connectivity index (χ1v) is 9.08. The molecule has 1 aliphatic carbocycles. The summed E-state index contributed by atoms with van der Waals surface area (Å²) in [7, 11) is 0. The standard InChI is InChI=1S/C19H26N4O/c1-2-23-11-16-9-22(12-18-5-3-4-8-20-18)10-17(19(16)21-23)14-24-13-15-6-7-15/h3-5,8,11,15,17H,2,6-7,9-10,12-14H2,1H3/t17-/m0/s1. The zero-order valence-corrected chi connectivity index (χ0v) is 14.4. The molecule has 0 radical (unpaired) electrons. The number of aryl methyl sites for hydroxylation is 1. The number of hydrogen-bond acceptors (Lipinski definition) is 4. The van der Waals surface area contributed by atoms with E-state index in [0.29, 0.717) is 5.92 Å². The van der Waals surface area contributed by atoms with E-state index < -0.39 is 0 Å². The summed E-state index contributed by atoms with van der Waals surface area (Å²) in [6.45, 7) is 7.59. The van der Waals surface area contributed by atoms with Crippen LogP contribution in [0.2, 0.25) is 0 Å². The summed E-state index contributed by atoms with van der Waals surface area (Å²) in [6, 6.07) is 6.13. The Bertz CT molecular complexity index is 665. The van der Waals surface area contributed by atoms with Gasteiger partial charge in [-0.25, -0.2) is 0 Å². The smallest absolute Gasteiger partial charge is 0.0736 e. The van der Waals surface area contributed by atoms with Gasteiger partial charge >= 0.3 is 0 Å². The van der Waals surface area contributed by atoms with Crippen LogP contribution in [0.25, 0.3) is 0 Å². The third-order valence-corrected chi connectivity index (χ3v) is 4.93. The van der Waals surface area contributed by atoms with Crippen LogP contribution in [-0.4, -0.2) is 39.4 Å². The van der Waals surface area contributed by atoms with Crippen molar-refractivity contribution in [3.05, 3.63) is 47.5 Å². The summed E-state index contributed by atoms with van der Waals surface area (Å²) >= 11 is 0. The van der Waals surface area contributed by atoms with Crippen LogP contribution in [-0.2, 0) is 24.4 Å². The lowest BCUT2D eigenvalue weighted by atomic mass is 9.97. The minimum atomic E-state index is 0.365. The van der Waals surface area contributed by atoms with Crippen molar-refractivity contribution in [2.24, 2.45) is 5.92 Å². The lowest BCUT2D eigenvalue weighted by Gasteiger charge is -2.31. The Hall–Kier alpha value is -1.72. The van der Waals surface area contributed by atoms with Gasteiger partial charge in [0.25, 0.3) is 0 Å². The Morgan fingerprint density at radius 1 is 1.25 bits per heavy atom. The van der Waals surface area contributed by atoms with Crippen molar-refractivity contribution < 1.29 is 4.74 Å². The molecule has 0 N–H and O–H groups in total. The van der Waals surface area contributed by atoms with E-state index in [0.717, 1.165) is 51.0 Å². The van der Waals surface area contributed by atoms with Crippen LogP contribution in [0.4, 0.5) is 0 Å². The molecule has 5 heteroatoms. The average Bonchev–Trinajstić information content (AvgIpc) is 3.32. The van der Waals surface area contributed by atoms with Crippen LogP contribution in [0.5, 0.6) is 0 Å². The molecule has 1 atom stereocenters. The average molecular weight is 326 g/mol.